The highest BCUT2D eigenvalue weighted by Crippen LogP contribution is 2.32. The predicted molar refractivity (Wildman–Crippen MR) is 184 cm³/mol. The minimum atomic E-state index is -0.989. The smallest absolute Gasteiger partial charge is 0.347 e. The molecule has 0 saturated heterocycles. The van der Waals surface area contributed by atoms with Crippen molar-refractivity contribution in [3.8, 4) is 17.2 Å². The molecular formula is C34H43ClN4O8. The standard InChI is InChI=1S/C29H27ClN4O8.2C2H6.CH4/c1-40-21-8-4-18(5-9-21)14-32(15-19-6-10-22(41-2)11-7-19)27-25(29(37)42-3)28(36)33(17-31-27)26-23(30)12-20(16-35)13-24(26)34(38)39;2*1-2;/h4-13,17,35H,14-16H2,1-3H3;2*1-2H3;1H4. The number of benzene rings is 3. The van der Waals surface area contributed by atoms with Gasteiger partial charge in [-0.2, -0.15) is 0 Å². The van der Waals surface area contributed by atoms with Crippen LogP contribution in [0.3, 0.4) is 0 Å². The third-order valence-electron chi connectivity index (χ3n) is 6.43. The molecule has 0 aliphatic heterocycles. The first-order chi connectivity index (χ1) is 22.2. The first-order valence-corrected chi connectivity index (χ1v) is 14.9. The Labute approximate surface area is 280 Å². The Morgan fingerprint density at radius 2 is 1.40 bits per heavy atom. The molecule has 0 saturated carbocycles. The topological polar surface area (TPSA) is 146 Å². The molecule has 1 aromatic heterocycles. The molecule has 4 rings (SSSR count). The summed E-state index contributed by atoms with van der Waals surface area (Å²) in [6.07, 6.45) is 1.08. The van der Waals surface area contributed by atoms with E-state index in [1.807, 2.05) is 52.0 Å². The number of halogens is 1. The lowest BCUT2D eigenvalue weighted by Gasteiger charge is -2.26. The number of anilines is 1. The van der Waals surface area contributed by atoms with Crippen LogP contribution < -0.4 is 19.9 Å². The van der Waals surface area contributed by atoms with Crippen molar-refractivity contribution in [2.24, 2.45) is 0 Å². The molecule has 0 amide bonds. The van der Waals surface area contributed by atoms with Gasteiger partial charge in [-0.3, -0.25) is 19.5 Å². The largest absolute Gasteiger partial charge is 0.497 e. The molecule has 3 aromatic carbocycles. The Hall–Kier alpha value is -4.94. The highest BCUT2D eigenvalue weighted by Gasteiger charge is 2.29. The quantitative estimate of drug-likeness (QED) is 0.101. The van der Waals surface area contributed by atoms with E-state index in [4.69, 9.17) is 25.8 Å². The molecular weight excluding hydrogens is 628 g/mol. The van der Waals surface area contributed by atoms with E-state index in [-0.39, 0.29) is 42.6 Å². The molecule has 1 N–H and O–H groups in total. The van der Waals surface area contributed by atoms with E-state index in [9.17, 15) is 24.8 Å². The fourth-order valence-corrected chi connectivity index (χ4v) is 4.67. The summed E-state index contributed by atoms with van der Waals surface area (Å²) in [6.45, 7) is 7.94. The maximum Gasteiger partial charge on any atom is 0.347 e. The van der Waals surface area contributed by atoms with E-state index in [0.717, 1.165) is 35.2 Å². The van der Waals surface area contributed by atoms with Crippen LogP contribution in [0.1, 0.15) is 62.2 Å². The third kappa shape index (κ3) is 9.77. The number of nitro groups is 1. The van der Waals surface area contributed by atoms with Crippen LogP contribution >= 0.6 is 11.6 Å². The lowest BCUT2D eigenvalue weighted by atomic mass is 10.1. The molecule has 13 heteroatoms. The summed E-state index contributed by atoms with van der Waals surface area (Å²) in [7, 11) is 4.23. The fraction of sp³-hybridized carbons (Fsp3) is 0.324. The van der Waals surface area contributed by atoms with Gasteiger partial charge in [0.15, 0.2) is 11.4 Å². The number of esters is 1. The van der Waals surface area contributed by atoms with Gasteiger partial charge in [0.1, 0.15) is 23.5 Å². The number of carbonyl (C=O) groups is 1. The van der Waals surface area contributed by atoms with Crippen molar-refractivity contribution < 1.29 is 29.0 Å². The molecule has 12 nitrogen and oxygen atoms in total. The summed E-state index contributed by atoms with van der Waals surface area (Å²) in [5.41, 5.74) is -0.404. The van der Waals surface area contributed by atoms with Crippen molar-refractivity contribution in [3.05, 3.63) is 115 Å². The van der Waals surface area contributed by atoms with Gasteiger partial charge in [-0.25, -0.2) is 9.78 Å². The van der Waals surface area contributed by atoms with Crippen molar-refractivity contribution in [1.82, 2.24) is 9.55 Å². The number of nitrogens with zero attached hydrogens (tertiary/aromatic N) is 4. The second-order valence-electron chi connectivity index (χ2n) is 9.02. The fourth-order valence-electron chi connectivity index (χ4n) is 4.34. The Kier molecular flexibility index (Phi) is 16.7. The summed E-state index contributed by atoms with van der Waals surface area (Å²) >= 11 is 6.35. The number of carbonyl (C=O) groups excluding carboxylic acids is 1. The number of ether oxygens (including phenoxy) is 3. The van der Waals surface area contributed by atoms with E-state index in [0.29, 0.717) is 11.5 Å². The van der Waals surface area contributed by atoms with E-state index in [1.165, 1.54) is 6.07 Å². The molecule has 254 valence electrons. The number of aliphatic hydroxyl groups excluding tert-OH is 1. The van der Waals surface area contributed by atoms with Gasteiger partial charge in [-0.05, 0) is 47.0 Å². The summed E-state index contributed by atoms with van der Waals surface area (Å²) in [4.78, 5) is 44.3. The zero-order chi connectivity index (χ0) is 34.4. The summed E-state index contributed by atoms with van der Waals surface area (Å²) < 4.78 is 16.3. The Bertz CT molecular complexity index is 1610. The maximum absolute atomic E-state index is 13.9. The van der Waals surface area contributed by atoms with Gasteiger partial charge in [-0.15, -0.1) is 0 Å². The molecule has 1 heterocycles. The molecule has 0 spiro atoms. The van der Waals surface area contributed by atoms with Gasteiger partial charge >= 0.3 is 5.97 Å². The molecule has 0 aliphatic carbocycles. The van der Waals surface area contributed by atoms with E-state index < -0.39 is 34.3 Å². The average Bonchev–Trinajstić information content (AvgIpc) is 3.09. The number of rotatable bonds is 11. The van der Waals surface area contributed by atoms with Crippen LogP contribution in [0, 0.1) is 10.1 Å². The Morgan fingerprint density at radius 1 is 0.915 bits per heavy atom. The van der Waals surface area contributed by atoms with Crippen LogP contribution in [0.4, 0.5) is 11.5 Å². The summed E-state index contributed by atoms with van der Waals surface area (Å²) in [5, 5.41) is 21.2. The van der Waals surface area contributed by atoms with Crippen LogP contribution in [0.5, 0.6) is 11.5 Å². The lowest BCUT2D eigenvalue weighted by Crippen LogP contribution is -2.33. The van der Waals surface area contributed by atoms with Gasteiger partial charge in [0.2, 0.25) is 0 Å². The number of hydrogen-bond donors (Lipinski definition) is 1. The molecule has 4 aromatic rings. The summed E-state index contributed by atoms with van der Waals surface area (Å²) in [5.74, 6) is 0.321. The van der Waals surface area contributed by atoms with E-state index in [1.54, 1.807) is 43.4 Å². The first kappa shape index (κ1) is 40.1. The molecule has 0 atom stereocenters. The van der Waals surface area contributed by atoms with Crippen molar-refractivity contribution in [2.45, 2.75) is 54.8 Å². The molecule has 0 unspecified atom stereocenters. The molecule has 0 aliphatic rings. The monoisotopic (exact) mass is 670 g/mol. The van der Waals surface area contributed by atoms with Crippen molar-refractivity contribution in [3.63, 3.8) is 0 Å². The van der Waals surface area contributed by atoms with E-state index in [2.05, 4.69) is 4.98 Å². The lowest BCUT2D eigenvalue weighted by molar-refractivity contribution is -0.384. The van der Waals surface area contributed by atoms with Crippen molar-refractivity contribution in [1.29, 1.82) is 0 Å². The molecule has 0 bridgehead atoms. The number of aromatic nitrogens is 2. The molecule has 0 fully saturated rings. The zero-order valence-corrected chi connectivity index (χ0v) is 27.7. The average molecular weight is 671 g/mol. The van der Waals surface area contributed by atoms with Crippen LogP contribution in [-0.2, 0) is 24.4 Å². The van der Waals surface area contributed by atoms with E-state index >= 15 is 0 Å². The minimum Gasteiger partial charge on any atom is -0.497 e. The summed E-state index contributed by atoms with van der Waals surface area (Å²) in [6, 6.07) is 16.9. The molecule has 0 radical (unpaired) electrons. The highest BCUT2D eigenvalue weighted by atomic mass is 35.5. The third-order valence-corrected chi connectivity index (χ3v) is 6.72. The Balaban J connectivity index is 0.00000213. The van der Waals surface area contributed by atoms with Gasteiger partial charge in [0.05, 0.1) is 37.9 Å². The van der Waals surface area contributed by atoms with Gasteiger partial charge in [-0.1, -0.05) is 71.0 Å². The first-order valence-electron chi connectivity index (χ1n) is 14.5. The predicted octanol–water partition coefficient (Wildman–Crippen LogP) is 6.99. The van der Waals surface area contributed by atoms with Crippen LogP contribution in [0.2, 0.25) is 5.02 Å². The number of aliphatic hydroxyl groups is 1. The maximum atomic E-state index is 13.9. The van der Waals surface area contributed by atoms with Crippen LogP contribution in [0.15, 0.2) is 71.8 Å². The number of methoxy groups -OCH3 is 3. The second kappa shape index (κ2) is 19.5. The normalized spacial score (nSPS) is 9.81. The van der Waals surface area contributed by atoms with Gasteiger partial charge < -0.3 is 24.2 Å². The van der Waals surface area contributed by atoms with Crippen molar-refractivity contribution >= 4 is 29.1 Å². The van der Waals surface area contributed by atoms with Gasteiger partial charge in [0, 0.05) is 19.2 Å². The SMILES string of the molecule is C.CC.CC.COC(=O)c1c(N(Cc2ccc(OC)cc2)Cc2ccc(OC)cc2)ncn(-c2c(Cl)cc(CO)cc2[N+](=O)[O-])c1=O. The highest BCUT2D eigenvalue weighted by molar-refractivity contribution is 6.33. The van der Waals surface area contributed by atoms with Crippen LogP contribution in [0.25, 0.3) is 5.69 Å². The zero-order valence-electron chi connectivity index (χ0n) is 26.9. The number of hydrogen-bond acceptors (Lipinski definition) is 10. The number of nitro benzene ring substituents is 1. The molecule has 47 heavy (non-hydrogen) atoms. The second-order valence-corrected chi connectivity index (χ2v) is 9.43. The van der Waals surface area contributed by atoms with Crippen LogP contribution in [-0.4, -0.2) is 46.9 Å². The minimum absolute atomic E-state index is 0. The van der Waals surface area contributed by atoms with Gasteiger partial charge in [0.25, 0.3) is 11.2 Å². The Morgan fingerprint density at radius 3 is 1.81 bits per heavy atom. The van der Waals surface area contributed by atoms with Crippen molar-refractivity contribution in [2.75, 3.05) is 26.2 Å².